The maximum absolute atomic E-state index is 13.1. The summed E-state index contributed by atoms with van der Waals surface area (Å²) in [6.07, 6.45) is 12.7. The highest BCUT2D eigenvalue weighted by Crippen LogP contribution is 2.17. The van der Waals surface area contributed by atoms with Gasteiger partial charge in [-0.2, -0.15) is 0 Å². The van der Waals surface area contributed by atoms with Gasteiger partial charge in [0.15, 0.2) is 0 Å². The normalized spacial score (nSPS) is 17.0. The number of carbonyl (C=O) groups is 3. The van der Waals surface area contributed by atoms with Crippen molar-refractivity contribution in [1.82, 2.24) is 19.8 Å². The first-order chi connectivity index (χ1) is 13.9. The Morgan fingerprint density at radius 1 is 1.38 bits per heavy atom. The summed E-state index contributed by atoms with van der Waals surface area (Å²) in [4.78, 5) is 40.1. The lowest BCUT2D eigenvalue weighted by atomic mass is 10.1. The standard InChI is InChI=1S/C22H36N4O3/c1-6-9-10-13-19(8-3)14-11-15-23(4)22(29)20(12-7-2)26-17-25(18-27)24(5)16-21(26)28/h6,8,10,13,18,20H,1,7,9,11-12,14-17H2,2-5H3/b13-10-,19-8+. The van der Waals surface area contributed by atoms with Crippen LogP contribution in [0.4, 0.5) is 0 Å². The van der Waals surface area contributed by atoms with Crippen LogP contribution >= 0.6 is 0 Å². The maximum atomic E-state index is 13.1. The smallest absolute Gasteiger partial charge is 0.245 e. The fourth-order valence-electron chi connectivity index (χ4n) is 3.32. The molecule has 29 heavy (non-hydrogen) atoms. The van der Waals surface area contributed by atoms with Gasteiger partial charge in [-0.15, -0.1) is 6.58 Å². The van der Waals surface area contributed by atoms with Gasteiger partial charge in [0.25, 0.3) is 0 Å². The van der Waals surface area contributed by atoms with Crippen molar-refractivity contribution in [1.29, 1.82) is 0 Å². The van der Waals surface area contributed by atoms with E-state index in [-0.39, 0.29) is 25.0 Å². The molecule has 0 spiro atoms. The van der Waals surface area contributed by atoms with E-state index in [0.29, 0.717) is 19.4 Å². The molecule has 0 aromatic rings. The van der Waals surface area contributed by atoms with Crippen LogP contribution in [0.2, 0.25) is 0 Å². The lowest BCUT2D eigenvalue weighted by molar-refractivity contribution is -0.170. The molecule has 1 rings (SSSR count). The Labute approximate surface area is 175 Å². The molecule has 162 valence electrons. The summed E-state index contributed by atoms with van der Waals surface area (Å²) in [5.41, 5.74) is 1.23. The van der Waals surface area contributed by atoms with Gasteiger partial charge in [-0.3, -0.25) is 19.4 Å². The third-order valence-corrected chi connectivity index (χ3v) is 5.11. The summed E-state index contributed by atoms with van der Waals surface area (Å²) in [6, 6.07) is -0.540. The molecular formula is C22H36N4O3. The molecule has 1 aliphatic heterocycles. The van der Waals surface area contributed by atoms with E-state index in [1.807, 2.05) is 19.9 Å². The second kappa shape index (κ2) is 12.9. The average Bonchev–Trinajstić information content (AvgIpc) is 2.71. The zero-order valence-corrected chi connectivity index (χ0v) is 18.3. The van der Waals surface area contributed by atoms with Crippen LogP contribution in [0.15, 0.2) is 36.5 Å². The topological polar surface area (TPSA) is 64.2 Å². The van der Waals surface area contributed by atoms with Gasteiger partial charge in [0.2, 0.25) is 18.2 Å². The highest BCUT2D eigenvalue weighted by atomic mass is 16.2. The fourth-order valence-corrected chi connectivity index (χ4v) is 3.32. The number of amides is 3. The summed E-state index contributed by atoms with van der Waals surface area (Å²) in [5, 5.41) is 2.99. The minimum Gasteiger partial charge on any atom is -0.344 e. The number of nitrogens with zero attached hydrogens (tertiary/aromatic N) is 4. The average molecular weight is 405 g/mol. The number of likely N-dealkylation sites (N-methyl/N-ethyl adjacent to an activating group) is 2. The molecule has 1 fully saturated rings. The van der Waals surface area contributed by atoms with Crippen molar-refractivity contribution in [2.24, 2.45) is 0 Å². The van der Waals surface area contributed by atoms with Gasteiger partial charge in [0.1, 0.15) is 12.7 Å². The zero-order chi connectivity index (χ0) is 21.8. The fraction of sp³-hybridized carbons (Fsp3) is 0.591. The van der Waals surface area contributed by atoms with E-state index in [9.17, 15) is 14.4 Å². The minimum atomic E-state index is -0.540. The van der Waals surface area contributed by atoms with E-state index in [1.54, 1.807) is 24.0 Å². The van der Waals surface area contributed by atoms with E-state index in [4.69, 9.17) is 0 Å². The van der Waals surface area contributed by atoms with Gasteiger partial charge in [0, 0.05) is 20.6 Å². The summed E-state index contributed by atoms with van der Waals surface area (Å²) in [7, 11) is 3.47. The number of carbonyl (C=O) groups excluding carboxylic acids is 3. The van der Waals surface area contributed by atoms with Crippen molar-refractivity contribution >= 4 is 18.2 Å². The molecule has 1 atom stereocenters. The Balaban J connectivity index is 2.71. The second-order valence-electron chi connectivity index (χ2n) is 7.32. The van der Waals surface area contributed by atoms with Crippen molar-refractivity contribution in [2.45, 2.75) is 52.0 Å². The molecule has 0 N–H and O–H groups in total. The van der Waals surface area contributed by atoms with Crippen LogP contribution in [0, 0.1) is 0 Å². The van der Waals surface area contributed by atoms with Crippen molar-refractivity contribution < 1.29 is 14.4 Å². The predicted molar refractivity (Wildman–Crippen MR) is 116 cm³/mol. The number of allylic oxidation sites excluding steroid dienone is 5. The van der Waals surface area contributed by atoms with Crippen LogP contribution < -0.4 is 0 Å². The van der Waals surface area contributed by atoms with E-state index >= 15 is 0 Å². The van der Waals surface area contributed by atoms with Crippen molar-refractivity contribution in [3.63, 3.8) is 0 Å². The van der Waals surface area contributed by atoms with Gasteiger partial charge in [0.05, 0.1) is 6.54 Å². The first-order valence-corrected chi connectivity index (χ1v) is 10.3. The van der Waals surface area contributed by atoms with Crippen LogP contribution in [0.1, 0.15) is 46.0 Å². The lowest BCUT2D eigenvalue weighted by Crippen LogP contribution is -2.62. The number of hydrogen-bond acceptors (Lipinski definition) is 4. The predicted octanol–water partition coefficient (Wildman–Crippen LogP) is 2.58. The number of rotatable bonds is 12. The monoisotopic (exact) mass is 404 g/mol. The quantitative estimate of drug-likeness (QED) is 0.285. The molecule has 1 heterocycles. The molecule has 1 unspecified atom stereocenters. The Hall–Kier alpha value is -2.41. The second-order valence-corrected chi connectivity index (χ2v) is 7.32. The molecular weight excluding hydrogens is 368 g/mol. The summed E-state index contributed by atoms with van der Waals surface area (Å²) < 4.78 is 0. The molecule has 0 bridgehead atoms. The molecule has 1 aliphatic rings. The van der Waals surface area contributed by atoms with E-state index < -0.39 is 6.04 Å². The summed E-state index contributed by atoms with van der Waals surface area (Å²) in [5.74, 6) is -0.200. The highest BCUT2D eigenvalue weighted by molar-refractivity contribution is 5.88. The molecule has 0 aromatic carbocycles. The summed E-state index contributed by atoms with van der Waals surface area (Å²) >= 11 is 0. The third-order valence-electron chi connectivity index (χ3n) is 5.11. The van der Waals surface area contributed by atoms with Crippen molar-refractivity contribution in [3.8, 4) is 0 Å². The van der Waals surface area contributed by atoms with Gasteiger partial charge in [-0.05, 0) is 32.6 Å². The Morgan fingerprint density at radius 2 is 2.10 bits per heavy atom. The van der Waals surface area contributed by atoms with Gasteiger partial charge >= 0.3 is 0 Å². The Bertz CT molecular complexity index is 630. The molecule has 0 saturated carbocycles. The Morgan fingerprint density at radius 3 is 2.69 bits per heavy atom. The molecule has 1 saturated heterocycles. The van der Waals surface area contributed by atoms with Gasteiger partial charge < -0.3 is 9.80 Å². The molecule has 0 radical (unpaired) electrons. The Kier molecular flexibility index (Phi) is 11.0. The molecule has 7 nitrogen and oxygen atoms in total. The van der Waals surface area contributed by atoms with Crippen LogP contribution in [-0.2, 0) is 14.4 Å². The molecule has 0 aliphatic carbocycles. The number of hydrazine groups is 1. The molecule has 0 aromatic heterocycles. The molecule has 7 heteroatoms. The first kappa shape index (κ1) is 24.6. The SMILES string of the molecule is C=CC/C=C\C(=C/C)CCCN(C)C(=O)C(CCC)N1CN(C=O)N(C)CC1=O. The maximum Gasteiger partial charge on any atom is 0.245 e. The van der Waals surface area contributed by atoms with Gasteiger partial charge in [-0.25, -0.2) is 5.01 Å². The summed E-state index contributed by atoms with van der Waals surface area (Å²) in [6.45, 7) is 8.54. The number of hydrogen-bond donors (Lipinski definition) is 0. The van der Waals surface area contributed by atoms with E-state index in [2.05, 4.69) is 24.8 Å². The van der Waals surface area contributed by atoms with E-state index in [1.165, 1.54) is 15.5 Å². The van der Waals surface area contributed by atoms with Crippen LogP contribution in [-0.4, -0.2) is 77.9 Å². The van der Waals surface area contributed by atoms with Crippen molar-refractivity contribution in [2.75, 3.05) is 33.9 Å². The lowest BCUT2D eigenvalue weighted by Gasteiger charge is -2.43. The van der Waals surface area contributed by atoms with Gasteiger partial charge in [-0.1, -0.05) is 43.2 Å². The highest BCUT2D eigenvalue weighted by Gasteiger charge is 2.36. The van der Waals surface area contributed by atoms with Crippen molar-refractivity contribution in [3.05, 3.63) is 36.5 Å². The minimum absolute atomic E-state index is 0.0696. The first-order valence-electron chi connectivity index (χ1n) is 10.3. The largest absolute Gasteiger partial charge is 0.344 e. The van der Waals surface area contributed by atoms with Crippen LogP contribution in [0.25, 0.3) is 0 Å². The molecule has 3 amide bonds. The van der Waals surface area contributed by atoms with Crippen LogP contribution in [0.5, 0.6) is 0 Å². The zero-order valence-electron chi connectivity index (χ0n) is 18.3. The van der Waals surface area contributed by atoms with Crippen LogP contribution in [0.3, 0.4) is 0 Å². The van der Waals surface area contributed by atoms with E-state index in [0.717, 1.165) is 25.7 Å². The third kappa shape index (κ3) is 7.49.